The second-order valence-electron chi connectivity index (χ2n) is 6.93. The Hall–Kier alpha value is -3.30. The number of benzene rings is 2. The Morgan fingerprint density at radius 1 is 1.23 bits per heavy atom. The molecular weight excluding hydrogens is 446 g/mol. The first-order valence-electron chi connectivity index (χ1n) is 9.28. The molecule has 6 heteroatoms. The summed E-state index contributed by atoms with van der Waals surface area (Å²) in [6.45, 7) is 1.95. The number of hydrogen-bond donors (Lipinski definition) is 1. The van der Waals surface area contributed by atoms with Crippen LogP contribution in [0.15, 0.2) is 63.8 Å². The Labute approximate surface area is 182 Å². The topological polar surface area (TPSA) is 64.6 Å². The molecule has 5 nitrogen and oxygen atoms in total. The van der Waals surface area contributed by atoms with Crippen molar-refractivity contribution >= 4 is 33.4 Å². The molecule has 150 valence electrons. The van der Waals surface area contributed by atoms with Crippen molar-refractivity contribution in [3.05, 3.63) is 80.5 Å². The fraction of sp³-hybridized carbons (Fsp3) is 0.167. The highest BCUT2D eigenvalue weighted by Gasteiger charge is 2.42. The number of carbonyl (C=O) groups is 2. The molecular formula is C24H18BrNO4. The van der Waals surface area contributed by atoms with E-state index in [0.717, 1.165) is 16.8 Å². The normalized spacial score (nSPS) is 17.1. The molecule has 0 saturated carbocycles. The fourth-order valence-corrected chi connectivity index (χ4v) is 4.49. The number of methoxy groups -OCH3 is 1. The van der Waals surface area contributed by atoms with Gasteiger partial charge in [-0.1, -0.05) is 36.3 Å². The SMILES string of the molecule is C#CCOc1ccc([C@H]2C(C(=O)OC)=C(C)NC3=C2C(=O)c2ccccc23)cc1Br. The zero-order valence-corrected chi connectivity index (χ0v) is 18.0. The van der Waals surface area contributed by atoms with Gasteiger partial charge in [-0.3, -0.25) is 4.79 Å². The van der Waals surface area contributed by atoms with Crippen molar-refractivity contribution in [3.8, 4) is 18.1 Å². The number of terminal acetylenes is 1. The smallest absolute Gasteiger partial charge is 0.336 e. The highest BCUT2D eigenvalue weighted by atomic mass is 79.9. The van der Waals surface area contributed by atoms with Crippen LogP contribution in [0.5, 0.6) is 5.75 Å². The van der Waals surface area contributed by atoms with Crippen LogP contribution in [0.1, 0.15) is 34.3 Å². The third-order valence-corrected chi connectivity index (χ3v) is 5.87. The molecule has 2 aromatic rings. The average molecular weight is 464 g/mol. The van der Waals surface area contributed by atoms with Gasteiger partial charge >= 0.3 is 5.97 Å². The number of ketones is 1. The van der Waals surface area contributed by atoms with Crippen LogP contribution in [0.4, 0.5) is 0 Å². The van der Waals surface area contributed by atoms with Crippen LogP contribution in [0.3, 0.4) is 0 Å². The van der Waals surface area contributed by atoms with E-state index in [4.69, 9.17) is 15.9 Å². The van der Waals surface area contributed by atoms with Gasteiger partial charge in [-0.25, -0.2) is 4.79 Å². The van der Waals surface area contributed by atoms with E-state index in [1.54, 1.807) is 12.1 Å². The predicted molar refractivity (Wildman–Crippen MR) is 117 cm³/mol. The Morgan fingerprint density at radius 2 is 1.97 bits per heavy atom. The van der Waals surface area contributed by atoms with Crippen molar-refractivity contribution in [1.82, 2.24) is 5.32 Å². The lowest BCUT2D eigenvalue weighted by Crippen LogP contribution is -2.29. The van der Waals surface area contributed by atoms with Crippen LogP contribution in [0.25, 0.3) is 5.70 Å². The van der Waals surface area contributed by atoms with Crippen LogP contribution >= 0.6 is 15.9 Å². The lowest BCUT2D eigenvalue weighted by molar-refractivity contribution is -0.136. The third-order valence-electron chi connectivity index (χ3n) is 5.25. The Balaban J connectivity index is 1.89. The number of Topliss-reactive ketones (excluding diaryl/α,β-unsaturated/α-hetero) is 1. The second-order valence-corrected chi connectivity index (χ2v) is 7.79. The molecule has 0 fully saturated rings. The monoisotopic (exact) mass is 463 g/mol. The average Bonchev–Trinajstić information content (AvgIpc) is 3.03. The number of nitrogens with one attached hydrogen (secondary N) is 1. The molecule has 0 bridgehead atoms. The van der Waals surface area contributed by atoms with Crippen molar-refractivity contribution in [3.63, 3.8) is 0 Å². The molecule has 1 aliphatic heterocycles. The number of esters is 1. The highest BCUT2D eigenvalue weighted by Crippen LogP contribution is 2.47. The van der Waals surface area contributed by atoms with Gasteiger partial charge in [0.05, 0.1) is 22.9 Å². The molecule has 0 spiro atoms. The number of ether oxygens (including phenoxy) is 2. The van der Waals surface area contributed by atoms with Crippen molar-refractivity contribution in [1.29, 1.82) is 0 Å². The number of carbonyl (C=O) groups excluding carboxylic acids is 2. The summed E-state index contributed by atoms with van der Waals surface area (Å²) in [7, 11) is 1.33. The second kappa shape index (κ2) is 7.85. The van der Waals surface area contributed by atoms with Crippen LogP contribution < -0.4 is 10.1 Å². The van der Waals surface area contributed by atoms with Crippen molar-refractivity contribution in [2.45, 2.75) is 12.8 Å². The maximum absolute atomic E-state index is 13.3. The highest BCUT2D eigenvalue weighted by molar-refractivity contribution is 9.10. The van der Waals surface area contributed by atoms with Gasteiger partial charge in [-0.2, -0.15) is 0 Å². The molecule has 1 aliphatic carbocycles. The summed E-state index contributed by atoms with van der Waals surface area (Å²) in [6, 6.07) is 12.9. The molecule has 0 aromatic heterocycles. The van der Waals surface area contributed by atoms with Gasteiger partial charge in [0.15, 0.2) is 5.78 Å². The van der Waals surface area contributed by atoms with Gasteiger partial charge in [-0.15, -0.1) is 6.42 Å². The number of fused-ring (bicyclic) bond motifs is 2. The molecule has 0 amide bonds. The van der Waals surface area contributed by atoms with Crippen LogP contribution in [0, 0.1) is 12.3 Å². The number of dihydropyridines is 1. The van der Waals surface area contributed by atoms with E-state index >= 15 is 0 Å². The van der Waals surface area contributed by atoms with Gasteiger partial charge in [0.2, 0.25) is 0 Å². The summed E-state index contributed by atoms with van der Waals surface area (Å²) < 4.78 is 11.3. The molecule has 0 saturated heterocycles. The molecule has 2 aliphatic rings. The molecule has 30 heavy (non-hydrogen) atoms. The van der Waals surface area contributed by atoms with Crippen LogP contribution in [-0.2, 0) is 9.53 Å². The third kappa shape index (κ3) is 3.12. The number of halogens is 1. The summed E-state index contributed by atoms with van der Waals surface area (Å²) >= 11 is 3.51. The molecule has 1 heterocycles. The van der Waals surface area contributed by atoms with Crippen molar-refractivity contribution in [2.24, 2.45) is 0 Å². The maximum atomic E-state index is 13.3. The van der Waals surface area contributed by atoms with Gasteiger partial charge in [-0.05, 0) is 40.5 Å². The summed E-state index contributed by atoms with van der Waals surface area (Å²) in [6.07, 6.45) is 5.27. The summed E-state index contributed by atoms with van der Waals surface area (Å²) in [5.41, 5.74) is 4.54. The standard InChI is InChI=1S/C24H18BrNO4/c1-4-11-30-18-10-9-14(12-17(18)25)20-19(24(28)29-3)13(2)26-22-15-7-5-6-8-16(15)23(27)21(20)22/h1,5-10,12,20,26H,11H2,2-3H3/t20-/m0/s1. The predicted octanol–water partition coefficient (Wildman–Crippen LogP) is 4.20. The van der Waals surface area contributed by atoms with Crippen molar-refractivity contribution < 1.29 is 19.1 Å². The summed E-state index contributed by atoms with van der Waals surface area (Å²) in [4.78, 5) is 26.0. The minimum absolute atomic E-state index is 0.101. The lowest BCUT2D eigenvalue weighted by atomic mass is 9.80. The number of allylic oxidation sites excluding steroid dienone is 2. The maximum Gasteiger partial charge on any atom is 0.336 e. The fourth-order valence-electron chi connectivity index (χ4n) is 3.98. The van der Waals surface area contributed by atoms with Gasteiger partial charge in [0.25, 0.3) is 0 Å². The number of hydrogen-bond acceptors (Lipinski definition) is 5. The number of rotatable bonds is 4. The zero-order valence-electron chi connectivity index (χ0n) is 16.4. The first-order valence-corrected chi connectivity index (χ1v) is 10.1. The summed E-state index contributed by atoms with van der Waals surface area (Å²) in [5.74, 6) is 1.85. The van der Waals surface area contributed by atoms with E-state index in [2.05, 4.69) is 27.2 Å². The van der Waals surface area contributed by atoms with E-state index in [1.165, 1.54) is 7.11 Å². The molecule has 0 radical (unpaired) electrons. The van der Waals surface area contributed by atoms with Gasteiger partial charge in [0.1, 0.15) is 12.4 Å². The minimum Gasteiger partial charge on any atom is -0.480 e. The van der Waals surface area contributed by atoms with Crippen LogP contribution in [0.2, 0.25) is 0 Å². The Kier molecular flexibility index (Phi) is 5.23. The van der Waals surface area contributed by atoms with E-state index in [-0.39, 0.29) is 12.4 Å². The van der Waals surface area contributed by atoms with Gasteiger partial charge < -0.3 is 14.8 Å². The molecule has 1 atom stereocenters. The Bertz CT molecular complexity index is 1190. The first kappa shape index (κ1) is 20.0. The lowest BCUT2D eigenvalue weighted by Gasteiger charge is -2.29. The van der Waals surface area contributed by atoms with E-state index in [9.17, 15) is 9.59 Å². The largest absolute Gasteiger partial charge is 0.480 e. The van der Waals surface area contributed by atoms with E-state index in [0.29, 0.717) is 32.6 Å². The van der Waals surface area contributed by atoms with Crippen molar-refractivity contribution in [2.75, 3.05) is 13.7 Å². The molecule has 4 rings (SSSR count). The quantitative estimate of drug-likeness (QED) is 0.543. The molecule has 2 aromatic carbocycles. The summed E-state index contributed by atoms with van der Waals surface area (Å²) in [5, 5.41) is 3.26. The zero-order chi connectivity index (χ0) is 21.4. The molecule has 0 unspecified atom stereocenters. The molecule has 1 N–H and O–H groups in total. The first-order chi connectivity index (χ1) is 14.5. The van der Waals surface area contributed by atoms with E-state index < -0.39 is 11.9 Å². The minimum atomic E-state index is -0.577. The Morgan fingerprint density at radius 3 is 2.63 bits per heavy atom. The van der Waals surface area contributed by atoms with Gasteiger partial charge in [0, 0.05) is 28.3 Å². The van der Waals surface area contributed by atoms with E-state index in [1.807, 2.05) is 37.3 Å². The van der Waals surface area contributed by atoms with Crippen LogP contribution in [-0.4, -0.2) is 25.5 Å².